The van der Waals surface area contributed by atoms with E-state index in [9.17, 15) is 9.90 Å². The summed E-state index contributed by atoms with van der Waals surface area (Å²) in [7, 11) is 0. The number of para-hydroxylation sites is 3. The van der Waals surface area contributed by atoms with Gasteiger partial charge in [-0.2, -0.15) is 0 Å². The van der Waals surface area contributed by atoms with E-state index in [1.54, 1.807) is 22.8 Å². The molecule has 27 heavy (non-hydrogen) atoms. The number of rotatable bonds is 3. The molecule has 0 bridgehead atoms. The highest BCUT2D eigenvalue weighted by atomic mass is 16.6. The van der Waals surface area contributed by atoms with Gasteiger partial charge in [0.2, 0.25) is 12.0 Å². The van der Waals surface area contributed by atoms with E-state index in [2.05, 4.69) is 10.2 Å². The first-order valence-corrected chi connectivity index (χ1v) is 8.72. The third-order valence-electron chi connectivity index (χ3n) is 4.41. The van der Waals surface area contributed by atoms with E-state index in [1.807, 2.05) is 44.2 Å². The molecule has 1 unspecified atom stereocenters. The van der Waals surface area contributed by atoms with E-state index >= 15 is 0 Å². The first-order valence-electron chi connectivity index (χ1n) is 8.72. The highest BCUT2D eigenvalue weighted by molar-refractivity contribution is 5.95. The molecule has 1 N–H and O–H groups in total. The average Bonchev–Trinajstić information content (AvgIpc) is 2.97. The molecule has 0 saturated heterocycles. The summed E-state index contributed by atoms with van der Waals surface area (Å²) in [6.45, 7) is 3.99. The molecule has 2 heterocycles. The third-order valence-corrected chi connectivity index (χ3v) is 4.41. The lowest BCUT2D eigenvalue weighted by Crippen LogP contribution is -2.35. The van der Waals surface area contributed by atoms with Gasteiger partial charge in [0, 0.05) is 11.4 Å². The van der Waals surface area contributed by atoms with E-state index in [0.717, 1.165) is 10.9 Å². The van der Waals surface area contributed by atoms with Crippen molar-refractivity contribution in [1.82, 2.24) is 4.57 Å². The van der Waals surface area contributed by atoms with Crippen LogP contribution in [0.3, 0.4) is 0 Å². The van der Waals surface area contributed by atoms with Gasteiger partial charge in [-0.25, -0.2) is 0 Å². The van der Waals surface area contributed by atoms with Crippen LogP contribution in [0, 0.1) is 0 Å². The number of nitrogens with zero attached hydrogens (tertiary/aromatic N) is 3. The van der Waals surface area contributed by atoms with E-state index < -0.39 is 12.0 Å². The number of amides is 1. The van der Waals surface area contributed by atoms with Crippen molar-refractivity contribution in [2.45, 2.75) is 26.0 Å². The molecule has 4 rings (SSSR count). The van der Waals surface area contributed by atoms with E-state index in [0.29, 0.717) is 11.5 Å². The van der Waals surface area contributed by atoms with E-state index in [4.69, 9.17) is 9.47 Å². The van der Waals surface area contributed by atoms with Gasteiger partial charge in [0.15, 0.2) is 17.2 Å². The van der Waals surface area contributed by atoms with E-state index in [1.165, 1.54) is 0 Å². The second kappa shape index (κ2) is 6.75. The maximum absolute atomic E-state index is 12.4. The van der Waals surface area contributed by atoms with Crippen LogP contribution in [-0.4, -0.2) is 28.3 Å². The minimum atomic E-state index is -0.871. The highest BCUT2D eigenvalue weighted by Crippen LogP contribution is 2.40. The largest absolute Gasteiger partial charge is 0.493 e. The zero-order valence-corrected chi connectivity index (χ0v) is 15.0. The lowest BCUT2D eigenvalue weighted by Gasteiger charge is -2.23. The third kappa shape index (κ3) is 3.01. The van der Waals surface area contributed by atoms with Gasteiger partial charge < -0.3 is 19.1 Å². The van der Waals surface area contributed by atoms with Crippen molar-refractivity contribution in [3.05, 3.63) is 48.5 Å². The van der Waals surface area contributed by atoms with Gasteiger partial charge >= 0.3 is 5.91 Å². The van der Waals surface area contributed by atoms with Crippen LogP contribution in [0.4, 0.5) is 5.69 Å². The van der Waals surface area contributed by atoms with Crippen molar-refractivity contribution in [2.75, 3.05) is 6.61 Å². The molecule has 7 nitrogen and oxygen atoms in total. The normalized spacial score (nSPS) is 16.3. The lowest BCUT2D eigenvalue weighted by atomic mass is 10.2. The number of fused-ring (bicyclic) bond motifs is 2. The number of aromatic nitrogens is 1. The first-order chi connectivity index (χ1) is 13.1. The van der Waals surface area contributed by atoms with Gasteiger partial charge in [0.05, 0.1) is 5.52 Å². The number of benzene rings is 2. The molecule has 0 saturated carbocycles. The van der Waals surface area contributed by atoms with Crippen molar-refractivity contribution < 1.29 is 19.4 Å². The monoisotopic (exact) mass is 365 g/mol. The molecule has 0 fully saturated rings. The van der Waals surface area contributed by atoms with Crippen LogP contribution < -0.4 is 9.47 Å². The Labute approximate surface area is 155 Å². The fourth-order valence-electron chi connectivity index (χ4n) is 3.16. The predicted octanol–water partition coefficient (Wildman–Crippen LogP) is 4.38. The zero-order chi connectivity index (χ0) is 19.0. The second-order valence-corrected chi connectivity index (χ2v) is 6.56. The summed E-state index contributed by atoms with van der Waals surface area (Å²) in [5, 5.41) is 19.1. The Balaban J connectivity index is 1.62. The van der Waals surface area contributed by atoms with Crippen LogP contribution in [0.5, 0.6) is 17.4 Å². The Hall–Kier alpha value is -3.35. The van der Waals surface area contributed by atoms with Gasteiger partial charge in [-0.15, -0.1) is 10.2 Å². The highest BCUT2D eigenvalue weighted by Gasteiger charge is 2.27. The standard InChI is InChI=1S/C20H19N3O4/c1-12(2)23-14-8-4-3-7-13(14)18(20(23)25)21-22-19(24)17-11-26-15-9-5-6-10-16(15)27-17/h3-10,12,17,25H,11H2,1-2H3. The van der Waals surface area contributed by atoms with Crippen LogP contribution in [0.1, 0.15) is 19.9 Å². The summed E-state index contributed by atoms with van der Waals surface area (Å²) in [6, 6.07) is 14.6. The van der Waals surface area contributed by atoms with Gasteiger partial charge in [0.1, 0.15) is 6.61 Å². The van der Waals surface area contributed by atoms with Crippen LogP contribution in [0.2, 0.25) is 0 Å². The number of aromatic hydroxyl groups is 1. The second-order valence-electron chi connectivity index (χ2n) is 6.56. The summed E-state index contributed by atoms with van der Waals surface area (Å²) >= 11 is 0. The number of carbonyl (C=O) groups excluding carboxylic acids is 1. The van der Waals surface area contributed by atoms with Crippen LogP contribution in [0.25, 0.3) is 10.9 Å². The summed E-state index contributed by atoms with van der Waals surface area (Å²) in [6.07, 6.45) is -0.871. The molecule has 1 amide bonds. The smallest absolute Gasteiger partial charge is 0.308 e. The molecule has 1 atom stereocenters. The molecule has 0 radical (unpaired) electrons. The molecule has 2 aromatic carbocycles. The van der Waals surface area contributed by atoms with Crippen molar-refractivity contribution in [2.24, 2.45) is 10.2 Å². The maximum Gasteiger partial charge on any atom is 0.308 e. The first kappa shape index (κ1) is 17.1. The van der Waals surface area contributed by atoms with Crippen LogP contribution >= 0.6 is 0 Å². The van der Waals surface area contributed by atoms with Gasteiger partial charge in [-0.1, -0.05) is 30.3 Å². The molecule has 138 valence electrons. The number of carbonyl (C=O) groups is 1. The summed E-state index contributed by atoms with van der Waals surface area (Å²) in [5.41, 5.74) is 1.10. The fourth-order valence-corrected chi connectivity index (χ4v) is 3.16. The minimum Gasteiger partial charge on any atom is -0.493 e. The molecule has 3 aromatic rings. The minimum absolute atomic E-state index is 0.0195. The predicted molar refractivity (Wildman–Crippen MR) is 99.9 cm³/mol. The molecule has 0 spiro atoms. The molecule has 1 aliphatic rings. The fraction of sp³-hybridized carbons (Fsp3) is 0.250. The Morgan fingerprint density at radius 3 is 2.63 bits per heavy atom. The lowest BCUT2D eigenvalue weighted by molar-refractivity contribution is -0.127. The van der Waals surface area contributed by atoms with Crippen molar-refractivity contribution in [1.29, 1.82) is 0 Å². The summed E-state index contributed by atoms with van der Waals surface area (Å²) in [5.74, 6) is 0.506. The Morgan fingerprint density at radius 1 is 1.15 bits per heavy atom. The van der Waals surface area contributed by atoms with E-state index in [-0.39, 0.29) is 24.2 Å². The summed E-state index contributed by atoms with van der Waals surface area (Å²) in [4.78, 5) is 12.4. The van der Waals surface area contributed by atoms with Gasteiger partial charge in [-0.05, 0) is 32.0 Å². The molecule has 1 aromatic heterocycles. The summed E-state index contributed by atoms with van der Waals surface area (Å²) < 4.78 is 12.9. The molecular weight excluding hydrogens is 346 g/mol. The number of azo groups is 1. The zero-order valence-electron chi connectivity index (χ0n) is 15.0. The topological polar surface area (TPSA) is 85.4 Å². The molecule has 1 aliphatic heterocycles. The molecule has 0 aliphatic carbocycles. The van der Waals surface area contributed by atoms with Crippen molar-refractivity contribution in [3.63, 3.8) is 0 Å². The number of hydrogen-bond acceptors (Lipinski definition) is 5. The Kier molecular flexibility index (Phi) is 4.27. The van der Waals surface area contributed by atoms with Crippen LogP contribution in [0.15, 0.2) is 58.8 Å². The number of hydrogen-bond donors (Lipinski definition) is 1. The Bertz CT molecular complexity index is 1040. The van der Waals surface area contributed by atoms with Gasteiger partial charge in [0.25, 0.3) is 0 Å². The van der Waals surface area contributed by atoms with Gasteiger partial charge in [-0.3, -0.25) is 4.79 Å². The number of ether oxygens (including phenoxy) is 2. The molecule has 7 heteroatoms. The Morgan fingerprint density at radius 2 is 1.85 bits per heavy atom. The average molecular weight is 365 g/mol. The molecular formula is C20H19N3O4. The maximum atomic E-state index is 12.4. The SMILES string of the molecule is CC(C)n1c(O)c(N=NC(=O)C2COc3ccccc3O2)c2ccccc21. The van der Waals surface area contributed by atoms with Crippen molar-refractivity contribution >= 4 is 22.5 Å². The van der Waals surface area contributed by atoms with Crippen LogP contribution in [-0.2, 0) is 4.79 Å². The quantitative estimate of drug-likeness (QED) is 0.698. The van der Waals surface area contributed by atoms with Crippen molar-refractivity contribution in [3.8, 4) is 17.4 Å².